The zero-order chi connectivity index (χ0) is 18.9. The second-order valence-corrected chi connectivity index (χ2v) is 6.10. The molecule has 7 nitrogen and oxygen atoms in total. The normalized spacial score (nSPS) is 11.3. The number of aryl methyl sites for hydroxylation is 1. The molecule has 0 fully saturated rings. The van der Waals surface area contributed by atoms with Crippen LogP contribution in [0.15, 0.2) is 47.6 Å². The molecule has 1 aromatic heterocycles. The highest BCUT2D eigenvalue weighted by atomic mass is 16.5. The molecule has 0 radical (unpaired) electrons. The monoisotopic (exact) mass is 355 g/mol. The fourth-order valence-electron chi connectivity index (χ4n) is 2.10. The van der Waals surface area contributed by atoms with E-state index in [-0.39, 0.29) is 30.9 Å². The lowest BCUT2D eigenvalue weighted by Crippen LogP contribution is -2.23. The van der Waals surface area contributed by atoms with Gasteiger partial charge in [0.25, 0.3) is 0 Å². The fourth-order valence-corrected chi connectivity index (χ4v) is 2.10. The van der Waals surface area contributed by atoms with Crippen LogP contribution in [-0.4, -0.2) is 29.5 Å². The van der Waals surface area contributed by atoms with Crippen LogP contribution in [0.5, 0.6) is 5.75 Å². The maximum Gasteiger partial charge on any atom is 0.227 e. The van der Waals surface area contributed by atoms with E-state index in [9.17, 15) is 4.79 Å². The van der Waals surface area contributed by atoms with Crippen molar-refractivity contribution in [1.29, 1.82) is 0 Å². The van der Waals surface area contributed by atoms with Crippen molar-refractivity contribution in [2.24, 2.45) is 10.7 Å². The van der Waals surface area contributed by atoms with Gasteiger partial charge in [-0.2, -0.15) is 0 Å². The minimum Gasteiger partial charge on any atom is -0.491 e. The Balaban J connectivity index is 1.77. The molecule has 0 aliphatic carbocycles. The summed E-state index contributed by atoms with van der Waals surface area (Å²) in [6, 6.07) is 11.1. The van der Waals surface area contributed by atoms with E-state index in [1.54, 1.807) is 12.3 Å². The summed E-state index contributed by atoms with van der Waals surface area (Å²) in [6.07, 6.45) is 2.05. The van der Waals surface area contributed by atoms with Crippen LogP contribution >= 0.6 is 0 Å². The van der Waals surface area contributed by atoms with Gasteiger partial charge < -0.3 is 21.1 Å². The Hall–Kier alpha value is -3.09. The van der Waals surface area contributed by atoms with E-state index >= 15 is 0 Å². The Morgan fingerprint density at radius 3 is 2.54 bits per heavy atom. The molecule has 7 heteroatoms. The number of hydrogen-bond donors (Lipinski definition) is 3. The molecule has 0 spiro atoms. The second kappa shape index (κ2) is 9.41. The number of carbonyl (C=O) groups excluding carboxylic acids is 1. The minimum absolute atomic E-state index is 0.127. The number of benzene rings is 1. The number of guanidine groups is 1. The van der Waals surface area contributed by atoms with Crippen molar-refractivity contribution in [3.8, 4) is 5.75 Å². The number of rotatable bonds is 7. The largest absolute Gasteiger partial charge is 0.491 e. The van der Waals surface area contributed by atoms with Crippen LogP contribution in [0, 0.1) is 6.92 Å². The van der Waals surface area contributed by atoms with E-state index in [0.29, 0.717) is 5.82 Å². The number of pyridine rings is 1. The molecule has 1 amide bonds. The third-order valence-electron chi connectivity index (χ3n) is 3.30. The number of anilines is 2. The van der Waals surface area contributed by atoms with Gasteiger partial charge >= 0.3 is 0 Å². The fraction of sp³-hybridized carbons (Fsp3) is 0.316. The van der Waals surface area contributed by atoms with Gasteiger partial charge in [0.2, 0.25) is 5.91 Å². The SMILES string of the molecule is Cc1ccc(NC(=O)CCN=C(N)Nc2ccc(OC(C)C)cc2)nc1. The first-order valence-corrected chi connectivity index (χ1v) is 8.48. The Morgan fingerprint density at radius 2 is 1.92 bits per heavy atom. The van der Waals surface area contributed by atoms with Crippen molar-refractivity contribution in [3.05, 3.63) is 48.2 Å². The summed E-state index contributed by atoms with van der Waals surface area (Å²) in [4.78, 5) is 20.2. The summed E-state index contributed by atoms with van der Waals surface area (Å²) < 4.78 is 5.58. The van der Waals surface area contributed by atoms with Crippen molar-refractivity contribution in [1.82, 2.24) is 4.98 Å². The molecule has 26 heavy (non-hydrogen) atoms. The molecule has 0 atom stereocenters. The zero-order valence-electron chi connectivity index (χ0n) is 15.3. The van der Waals surface area contributed by atoms with Crippen molar-refractivity contribution >= 4 is 23.4 Å². The second-order valence-electron chi connectivity index (χ2n) is 6.10. The van der Waals surface area contributed by atoms with Crippen LogP contribution in [0.2, 0.25) is 0 Å². The lowest BCUT2D eigenvalue weighted by atomic mass is 10.3. The molecule has 2 rings (SSSR count). The van der Waals surface area contributed by atoms with Gasteiger partial charge in [0.15, 0.2) is 5.96 Å². The predicted octanol–water partition coefficient (Wildman–Crippen LogP) is 2.93. The van der Waals surface area contributed by atoms with Crippen LogP contribution in [0.1, 0.15) is 25.8 Å². The minimum atomic E-state index is -0.159. The molecule has 0 saturated carbocycles. The van der Waals surface area contributed by atoms with Crippen molar-refractivity contribution in [2.45, 2.75) is 33.3 Å². The van der Waals surface area contributed by atoms with E-state index in [1.165, 1.54) is 0 Å². The quantitative estimate of drug-likeness (QED) is 0.523. The number of hydrogen-bond acceptors (Lipinski definition) is 4. The molecule has 2 aromatic rings. The standard InChI is InChI=1S/C19H25N5O2/c1-13(2)26-16-7-5-15(6-8-16)23-19(20)21-11-10-18(25)24-17-9-4-14(3)12-22-17/h4-9,12-13H,10-11H2,1-3H3,(H3,20,21,23)(H,22,24,25). The Labute approximate surface area is 153 Å². The summed E-state index contributed by atoms with van der Waals surface area (Å²) in [6.45, 7) is 6.17. The molecular weight excluding hydrogens is 330 g/mol. The molecule has 138 valence electrons. The highest BCUT2D eigenvalue weighted by Gasteiger charge is 2.03. The van der Waals surface area contributed by atoms with Gasteiger partial charge in [-0.05, 0) is 56.7 Å². The first-order chi connectivity index (χ1) is 12.4. The smallest absolute Gasteiger partial charge is 0.227 e. The molecule has 0 unspecified atom stereocenters. The molecular formula is C19H25N5O2. The molecule has 1 aromatic carbocycles. The lowest BCUT2D eigenvalue weighted by molar-refractivity contribution is -0.116. The van der Waals surface area contributed by atoms with Gasteiger partial charge in [-0.1, -0.05) is 6.07 Å². The van der Waals surface area contributed by atoms with Gasteiger partial charge in [0, 0.05) is 18.3 Å². The van der Waals surface area contributed by atoms with Crippen molar-refractivity contribution in [2.75, 3.05) is 17.2 Å². The summed E-state index contributed by atoms with van der Waals surface area (Å²) in [5.74, 6) is 1.42. The molecule has 0 aliphatic rings. The summed E-state index contributed by atoms with van der Waals surface area (Å²) in [5, 5.41) is 5.70. The van der Waals surface area contributed by atoms with Crippen molar-refractivity contribution in [3.63, 3.8) is 0 Å². The number of aliphatic imine (C=N–C) groups is 1. The van der Waals surface area contributed by atoms with E-state index < -0.39 is 0 Å². The van der Waals surface area contributed by atoms with Gasteiger partial charge in [0.05, 0.1) is 12.6 Å². The van der Waals surface area contributed by atoms with Gasteiger partial charge in [-0.3, -0.25) is 9.79 Å². The molecule has 0 bridgehead atoms. The maximum absolute atomic E-state index is 11.9. The Morgan fingerprint density at radius 1 is 1.19 bits per heavy atom. The number of aromatic nitrogens is 1. The molecule has 0 aliphatic heterocycles. The Bertz CT molecular complexity index is 740. The first-order valence-electron chi connectivity index (χ1n) is 8.48. The van der Waals surface area contributed by atoms with Crippen LogP contribution in [0.25, 0.3) is 0 Å². The van der Waals surface area contributed by atoms with Crippen molar-refractivity contribution < 1.29 is 9.53 Å². The highest BCUT2D eigenvalue weighted by Crippen LogP contribution is 2.16. The highest BCUT2D eigenvalue weighted by molar-refractivity contribution is 5.93. The lowest BCUT2D eigenvalue weighted by Gasteiger charge is -2.11. The zero-order valence-corrected chi connectivity index (χ0v) is 15.3. The average molecular weight is 355 g/mol. The van der Waals surface area contributed by atoms with Gasteiger partial charge in [-0.25, -0.2) is 4.98 Å². The summed E-state index contributed by atoms with van der Waals surface area (Å²) >= 11 is 0. The van der Waals surface area contributed by atoms with E-state index in [4.69, 9.17) is 10.5 Å². The number of carbonyl (C=O) groups is 1. The van der Waals surface area contributed by atoms with E-state index in [1.807, 2.05) is 51.1 Å². The molecule has 4 N–H and O–H groups in total. The van der Waals surface area contributed by atoms with Crippen LogP contribution in [0.4, 0.5) is 11.5 Å². The number of nitrogens with one attached hydrogen (secondary N) is 2. The number of ether oxygens (including phenoxy) is 1. The van der Waals surface area contributed by atoms with Gasteiger partial charge in [-0.15, -0.1) is 0 Å². The number of nitrogens with zero attached hydrogens (tertiary/aromatic N) is 2. The predicted molar refractivity (Wildman–Crippen MR) is 105 cm³/mol. The van der Waals surface area contributed by atoms with Crippen LogP contribution < -0.4 is 21.1 Å². The summed E-state index contributed by atoms with van der Waals surface area (Å²) in [5.41, 5.74) is 7.68. The average Bonchev–Trinajstić information content (AvgIpc) is 2.58. The number of nitrogens with two attached hydrogens (primary N) is 1. The Kier molecular flexibility index (Phi) is 6.96. The topological polar surface area (TPSA) is 102 Å². The van der Waals surface area contributed by atoms with Crippen LogP contribution in [0.3, 0.4) is 0 Å². The van der Waals surface area contributed by atoms with E-state index in [2.05, 4.69) is 20.6 Å². The third-order valence-corrected chi connectivity index (χ3v) is 3.30. The number of amides is 1. The van der Waals surface area contributed by atoms with Gasteiger partial charge in [0.1, 0.15) is 11.6 Å². The van der Waals surface area contributed by atoms with E-state index in [0.717, 1.165) is 17.0 Å². The maximum atomic E-state index is 11.9. The summed E-state index contributed by atoms with van der Waals surface area (Å²) in [7, 11) is 0. The third kappa shape index (κ3) is 6.80. The molecule has 0 saturated heterocycles. The molecule has 1 heterocycles. The van der Waals surface area contributed by atoms with Crippen LogP contribution in [-0.2, 0) is 4.79 Å². The first kappa shape index (κ1) is 19.2.